The van der Waals surface area contributed by atoms with Gasteiger partial charge in [-0.2, -0.15) is 0 Å². The summed E-state index contributed by atoms with van der Waals surface area (Å²) in [7, 11) is 1.43. The molecule has 1 rings (SSSR count). The van der Waals surface area contributed by atoms with Crippen molar-refractivity contribution in [3.63, 3.8) is 0 Å². The highest BCUT2D eigenvalue weighted by Crippen LogP contribution is 2.07. The molecule has 54 valence electrons. The predicted octanol–water partition coefficient (Wildman–Crippen LogP) is -0.0744. The van der Waals surface area contributed by atoms with Gasteiger partial charge in [0, 0.05) is 4.73 Å². The van der Waals surface area contributed by atoms with E-state index >= 15 is 0 Å². The van der Waals surface area contributed by atoms with E-state index in [-0.39, 0.29) is 11.6 Å². The van der Waals surface area contributed by atoms with Crippen LogP contribution in [0.4, 0.5) is 0 Å². The Bertz CT molecular complexity index is 236. The summed E-state index contributed by atoms with van der Waals surface area (Å²) in [5.74, 6) is 0.265. The van der Waals surface area contributed by atoms with Crippen molar-refractivity contribution < 1.29 is 19.8 Å². The van der Waals surface area contributed by atoms with Gasteiger partial charge >= 0.3 is 5.88 Å². The first-order valence-electron chi connectivity index (χ1n) is 2.72. The molecule has 0 saturated carbocycles. The second-order valence-corrected chi connectivity index (χ2v) is 1.77. The molecule has 0 unspecified atom stereocenters. The summed E-state index contributed by atoms with van der Waals surface area (Å²) >= 11 is 0. The molecule has 2 N–H and O–H groups in total. The van der Waals surface area contributed by atoms with Gasteiger partial charge in [0.1, 0.15) is 0 Å². The van der Waals surface area contributed by atoms with Crippen molar-refractivity contribution in [3.05, 3.63) is 18.3 Å². The molecule has 0 atom stereocenters. The van der Waals surface area contributed by atoms with Crippen molar-refractivity contribution in [2.24, 2.45) is 0 Å². The zero-order chi connectivity index (χ0) is 7.56. The van der Waals surface area contributed by atoms with Gasteiger partial charge in [-0.25, -0.2) is 0 Å². The molecule has 0 bridgehead atoms. The number of nitrogens with zero attached hydrogens (tertiary/aromatic N) is 1. The smallest absolute Gasteiger partial charge is 0.416 e. The van der Waals surface area contributed by atoms with Crippen LogP contribution in [-0.2, 0) is 0 Å². The van der Waals surface area contributed by atoms with Crippen molar-refractivity contribution in [2.45, 2.75) is 0 Å². The van der Waals surface area contributed by atoms with Crippen LogP contribution in [0.1, 0.15) is 0 Å². The first kappa shape index (κ1) is 6.67. The minimum Gasteiger partial charge on any atom is -0.503 e. The van der Waals surface area contributed by atoms with Gasteiger partial charge in [-0.3, -0.25) is 5.21 Å². The molecule has 4 heteroatoms. The highest BCUT2D eigenvalue weighted by atomic mass is 16.5. The topological polar surface area (TPSA) is 53.6 Å². The number of rotatable bonds is 1. The van der Waals surface area contributed by atoms with Crippen molar-refractivity contribution >= 4 is 0 Å². The molecule has 1 aromatic heterocycles. The van der Waals surface area contributed by atoms with Gasteiger partial charge < -0.3 is 9.84 Å². The first-order valence-corrected chi connectivity index (χ1v) is 2.72. The Morgan fingerprint density at radius 3 is 2.70 bits per heavy atom. The summed E-state index contributed by atoms with van der Waals surface area (Å²) in [4.78, 5) is 0. The van der Waals surface area contributed by atoms with E-state index in [1.54, 1.807) is 0 Å². The molecule has 0 aliphatic carbocycles. The van der Waals surface area contributed by atoms with Crippen LogP contribution < -0.4 is 9.47 Å². The average molecular weight is 142 g/mol. The zero-order valence-electron chi connectivity index (χ0n) is 5.48. The third-order valence-corrected chi connectivity index (χ3v) is 1.09. The lowest BCUT2D eigenvalue weighted by Crippen LogP contribution is -2.30. The number of methoxy groups -OCH3 is 1. The largest absolute Gasteiger partial charge is 0.503 e. The average Bonchev–Trinajstić information content (AvgIpc) is 1.88. The number of pyridine rings is 1. The molecule has 0 aromatic carbocycles. The summed E-state index contributed by atoms with van der Waals surface area (Å²) in [5, 5.41) is 17.7. The van der Waals surface area contributed by atoms with Gasteiger partial charge in [0.15, 0.2) is 5.75 Å². The molecule has 1 aromatic rings. The highest BCUT2D eigenvalue weighted by molar-refractivity contribution is 5.15. The van der Waals surface area contributed by atoms with E-state index in [0.717, 1.165) is 6.20 Å². The number of hydrogen-bond acceptors (Lipinski definition) is 3. The van der Waals surface area contributed by atoms with Crippen molar-refractivity contribution in [1.82, 2.24) is 0 Å². The fourth-order valence-corrected chi connectivity index (χ4v) is 0.627. The Morgan fingerprint density at radius 2 is 2.20 bits per heavy atom. The third kappa shape index (κ3) is 1.10. The molecule has 0 amide bonds. The van der Waals surface area contributed by atoms with Crippen molar-refractivity contribution in [1.29, 1.82) is 0 Å². The van der Waals surface area contributed by atoms with E-state index in [1.165, 1.54) is 19.2 Å². The number of aromatic nitrogens is 1. The monoisotopic (exact) mass is 142 g/mol. The molecule has 1 heterocycles. The summed E-state index contributed by atoms with van der Waals surface area (Å²) in [6.45, 7) is 0. The van der Waals surface area contributed by atoms with Crippen LogP contribution in [-0.4, -0.2) is 17.4 Å². The van der Waals surface area contributed by atoms with Crippen LogP contribution in [0.25, 0.3) is 0 Å². The normalized spacial score (nSPS) is 9.30. The highest BCUT2D eigenvalue weighted by Gasteiger charge is 2.09. The zero-order valence-corrected chi connectivity index (χ0v) is 5.48. The lowest BCUT2D eigenvalue weighted by Gasteiger charge is -1.92. The van der Waals surface area contributed by atoms with E-state index in [9.17, 15) is 0 Å². The Balaban J connectivity index is 3.07. The SMILES string of the molecule is COc1ccc(O)c[n+]1O. The molecular weight excluding hydrogens is 134 g/mol. The number of ether oxygens (including phenoxy) is 1. The maximum Gasteiger partial charge on any atom is 0.416 e. The molecule has 4 nitrogen and oxygen atoms in total. The number of aromatic hydroxyl groups is 1. The van der Waals surface area contributed by atoms with Gasteiger partial charge in [0.05, 0.1) is 13.2 Å². The van der Waals surface area contributed by atoms with E-state index < -0.39 is 0 Å². The lowest BCUT2D eigenvalue weighted by atomic mass is 10.4. The van der Waals surface area contributed by atoms with Crippen LogP contribution in [0.3, 0.4) is 0 Å². The molecule has 0 spiro atoms. The van der Waals surface area contributed by atoms with Crippen LogP contribution in [0.15, 0.2) is 18.3 Å². The van der Waals surface area contributed by atoms with E-state index in [2.05, 4.69) is 0 Å². The minimum absolute atomic E-state index is 0.0108. The predicted molar refractivity (Wildman–Crippen MR) is 32.0 cm³/mol. The van der Waals surface area contributed by atoms with E-state index in [0.29, 0.717) is 4.73 Å². The van der Waals surface area contributed by atoms with Crippen LogP contribution in [0.2, 0.25) is 0 Å². The van der Waals surface area contributed by atoms with Crippen LogP contribution in [0.5, 0.6) is 11.6 Å². The molecular formula is C6H8NO3+. The second kappa shape index (κ2) is 2.43. The van der Waals surface area contributed by atoms with Crippen molar-refractivity contribution in [3.8, 4) is 11.6 Å². The van der Waals surface area contributed by atoms with Crippen LogP contribution >= 0.6 is 0 Å². The van der Waals surface area contributed by atoms with Crippen molar-refractivity contribution in [2.75, 3.05) is 7.11 Å². The van der Waals surface area contributed by atoms with E-state index in [4.69, 9.17) is 15.1 Å². The molecule has 0 radical (unpaired) electrons. The quantitative estimate of drug-likeness (QED) is 0.426. The first-order chi connectivity index (χ1) is 4.74. The van der Waals surface area contributed by atoms with Gasteiger partial charge in [0.25, 0.3) is 6.20 Å². The fraction of sp³-hybridized carbons (Fsp3) is 0.167. The maximum absolute atomic E-state index is 8.92. The summed E-state index contributed by atoms with van der Waals surface area (Å²) in [5.41, 5.74) is 0. The fourth-order valence-electron chi connectivity index (χ4n) is 0.627. The molecule has 0 aliphatic rings. The lowest BCUT2D eigenvalue weighted by molar-refractivity contribution is -0.906. The van der Waals surface area contributed by atoms with Crippen LogP contribution in [0, 0.1) is 0 Å². The molecule has 0 aliphatic heterocycles. The third-order valence-electron chi connectivity index (χ3n) is 1.09. The molecule has 10 heavy (non-hydrogen) atoms. The molecule has 0 saturated heterocycles. The number of hydrogen-bond donors (Lipinski definition) is 2. The Hall–Kier alpha value is -1.45. The Labute approximate surface area is 57.9 Å². The molecule has 0 fully saturated rings. The maximum atomic E-state index is 8.92. The Kier molecular flexibility index (Phi) is 1.62. The van der Waals surface area contributed by atoms with Gasteiger partial charge in [-0.1, -0.05) is 0 Å². The van der Waals surface area contributed by atoms with E-state index in [1.807, 2.05) is 0 Å². The summed E-state index contributed by atoms with van der Waals surface area (Å²) in [6, 6.07) is 2.88. The summed E-state index contributed by atoms with van der Waals surface area (Å²) in [6.07, 6.45) is 1.14. The van der Waals surface area contributed by atoms with Gasteiger partial charge in [-0.15, -0.1) is 0 Å². The minimum atomic E-state index is -0.0108. The van der Waals surface area contributed by atoms with Gasteiger partial charge in [-0.05, 0) is 6.07 Å². The van der Waals surface area contributed by atoms with Gasteiger partial charge in [0.2, 0.25) is 0 Å². The summed E-state index contributed by atoms with van der Waals surface area (Å²) < 4.78 is 5.41. The Morgan fingerprint density at radius 1 is 1.50 bits per heavy atom. The second-order valence-electron chi connectivity index (χ2n) is 1.77. The standard InChI is InChI=1S/C6H7NO3/c1-10-6-3-2-5(8)4-7(6)9/h2-4H,1H3,(H-,8,9)/p+1.